The first kappa shape index (κ1) is 4.01. The minimum atomic E-state index is 0.455. The van der Waals surface area contributed by atoms with E-state index in [4.69, 9.17) is 0 Å². The Balaban J connectivity index is 2.20. The van der Waals surface area contributed by atoms with Crippen molar-refractivity contribution in [3.05, 3.63) is 28.3 Å². The molecule has 0 aromatic heterocycles. The first-order valence-corrected chi connectivity index (χ1v) is 2.60. The van der Waals surface area contributed by atoms with Gasteiger partial charge in [0.25, 0.3) is 0 Å². The molecule has 0 bridgehead atoms. The van der Waals surface area contributed by atoms with Gasteiger partial charge in [-0.1, -0.05) is 12.2 Å². The highest BCUT2D eigenvalue weighted by molar-refractivity contribution is 5.64. The smallest absolute Gasteiger partial charge is 0.104 e. The van der Waals surface area contributed by atoms with E-state index in [9.17, 15) is 4.91 Å². The minimum Gasteiger partial charge on any atom is -0.145 e. The number of hydrogen-bond donors (Lipinski definition) is 0. The van der Waals surface area contributed by atoms with E-state index in [1.807, 2.05) is 0 Å². The van der Waals surface area contributed by atoms with Gasteiger partial charge in [0.1, 0.15) is 5.70 Å². The van der Waals surface area contributed by atoms with Crippen LogP contribution >= 0.6 is 0 Å². The maximum Gasteiger partial charge on any atom is 0.104 e. The zero-order valence-electron chi connectivity index (χ0n) is 4.35. The van der Waals surface area contributed by atoms with E-state index in [0.717, 1.165) is 5.57 Å². The number of allylic oxidation sites excluding steroid dienone is 2. The Morgan fingerprint density at radius 1 is 1.88 bits per heavy atom. The van der Waals surface area contributed by atoms with Gasteiger partial charge in [-0.05, 0) is 17.2 Å². The van der Waals surface area contributed by atoms with Crippen molar-refractivity contribution in [3.8, 4) is 0 Å². The Bertz CT molecular complexity index is 215. The van der Waals surface area contributed by atoms with Crippen molar-refractivity contribution in [1.29, 1.82) is 0 Å². The van der Waals surface area contributed by atoms with Crippen LogP contribution in [0.1, 0.15) is 6.42 Å². The van der Waals surface area contributed by atoms with Crippen LogP contribution in [0.4, 0.5) is 0 Å². The van der Waals surface area contributed by atoms with Gasteiger partial charge in [-0.2, -0.15) is 0 Å². The molecule has 1 fully saturated rings. The van der Waals surface area contributed by atoms with Gasteiger partial charge >= 0.3 is 0 Å². The van der Waals surface area contributed by atoms with Crippen LogP contribution in [0.5, 0.6) is 0 Å². The van der Waals surface area contributed by atoms with Crippen molar-refractivity contribution in [1.82, 2.24) is 0 Å². The first-order chi connectivity index (χ1) is 3.84. The molecule has 0 amide bonds. The highest BCUT2D eigenvalue weighted by Gasteiger charge is 2.52. The van der Waals surface area contributed by atoms with Crippen LogP contribution in [0.2, 0.25) is 0 Å². The quantitative estimate of drug-likeness (QED) is 0.493. The third-order valence-corrected chi connectivity index (χ3v) is 1.72. The second kappa shape index (κ2) is 0.917. The molecule has 0 saturated heterocycles. The van der Waals surface area contributed by atoms with Gasteiger partial charge in [0.2, 0.25) is 0 Å². The number of nitroso groups, excluding NO2 is 1. The lowest BCUT2D eigenvalue weighted by Gasteiger charge is -1.86. The van der Waals surface area contributed by atoms with Gasteiger partial charge in [-0.3, -0.25) is 0 Å². The van der Waals surface area contributed by atoms with Crippen LogP contribution in [-0.4, -0.2) is 0 Å². The Morgan fingerprint density at radius 2 is 2.50 bits per heavy atom. The third-order valence-electron chi connectivity index (χ3n) is 1.72. The van der Waals surface area contributed by atoms with Crippen molar-refractivity contribution in [2.45, 2.75) is 6.42 Å². The largest absolute Gasteiger partial charge is 0.145 e. The van der Waals surface area contributed by atoms with Gasteiger partial charge < -0.3 is 0 Å². The lowest BCUT2D eigenvalue weighted by molar-refractivity contribution is 1.10. The van der Waals surface area contributed by atoms with Gasteiger partial charge in [0.05, 0.1) is 0 Å². The summed E-state index contributed by atoms with van der Waals surface area (Å²) >= 11 is 0. The summed E-state index contributed by atoms with van der Waals surface area (Å²) in [7, 11) is 0. The molecule has 0 unspecified atom stereocenters. The summed E-state index contributed by atoms with van der Waals surface area (Å²) in [6.07, 6.45) is 1.20. The molecule has 0 N–H and O–H groups in total. The normalized spacial score (nSPS) is 29.2. The summed E-state index contributed by atoms with van der Waals surface area (Å²) in [4.78, 5) is 9.77. The predicted molar refractivity (Wildman–Crippen MR) is 30.1 cm³/mol. The van der Waals surface area contributed by atoms with Crippen molar-refractivity contribution in [2.75, 3.05) is 0 Å². The number of nitrogens with zero attached hydrogens (tertiary/aromatic N) is 1. The number of hydrogen-bond acceptors (Lipinski definition) is 2. The fourth-order valence-corrected chi connectivity index (χ4v) is 0.998. The summed E-state index contributed by atoms with van der Waals surface area (Å²) in [6, 6.07) is 0. The predicted octanol–water partition coefficient (Wildman–Crippen LogP) is 1.60. The van der Waals surface area contributed by atoms with E-state index in [2.05, 4.69) is 11.8 Å². The van der Waals surface area contributed by atoms with Crippen LogP contribution in [0.15, 0.2) is 28.6 Å². The van der Waals surface area contributed by atoms with Crippen LogP contribution in [0.25, 0.3) is 0 Å². The molecule has 1 saturated carbocycles. The molecule has 0 heterocycles. The molecule has 2 aliphatic rings. The van der Waals surface area contributed by atoms with E-state index in [0.29, 0.717) is 11.6 Å². The molecule has 0 aromatic carbocycles. The molecule has 40 valence electrons. The summed E-state index contributed by atoms with van der Waals surface area (Å²) in [5, 5.41) is 2.73. The van der Waals surface area contributed by atoms with Crippen LogP contribution in [0.3, 0.4) is 0 Å². The van der Waals surface area contributed by atoms with E-state index >= 15 is 0 Å². The Labute approximate surface area is 46.9 Å². The fraction of sp³-hybridized carbons (Fsp3) is 0.333. The molecule has 0 spiro atoms. The van der Waals surface area contributed by atoms with Gasteiger partial charge in [-0.25, -0.2) is 0 Å². The molecule has 0 radical (unpaired) electrons. The van der Waals surface area contributed by atoms with E-state index in [1.54, 1.807) is 0 Å². The topological polar surface area (TPSA) is 29.4 Å². The summed E-state index contributed by atoms with van der Waals surface area (Å²) in [5.41, 5.74) is 3.01. The highest BCUT2D eigenvalue weighted by atomic mass is 16.3. The second-order valence-corrected chi connectivity index (χ2v) is 2.23. The minimum absolute atomic E-state index is 0.455. The maximum absolute atomic E-state index is 9.77. The van der Waals surface area contributed by atoms with Crippen LogP contribution in [-0.2, 0) is 0 Å². The third kappa shape index (κ3) is 0.290. The first-order valence-electron chi connectivity index (χ1n) is 2.60. The molecule has 2 aliphatic carbocycles. The molecular weight excluding hydrogens is 102 g/mol. The molecule has 0 aromatic rings. The SMILES string of the molecule is C=C(N=O)C1=C2C[C@@H]21. The van der Waals surface area contributed by atoms with Gasteiger partial charge in [0.15, 0.2) is 0 Å². The molecule has 2 heteroatoms. The Kier molecular flexibility index (Phi) is 0.460. The van der Waals surface area contributed by atoms with Gasteiger partial charge in [-0.15, -0.1) is 4.91 Å². The molecule has 2 rings (SSSR count). The monoisotopic (exact) mass is 107 g/mol. The molecule has 2 nitrogen and oxygen atoms in total. The second-order valence-electron chi connectivity index (χ2n) is 2.23. The average Bonchev–Trinajstić information content (AvgIpc) is 2.47. The molecular formula is C6H5NO. The summed E-state index contributed by atoms with van der Waals surface area (Å²) in [5.74, 6) is 0.653. The lowest BCUT2D eigenvalue weighted by atomic mass is 10.2. The van der Waals surface area contributed by atoms with E-state index in [-0.39, 0.29) is 0 Å². The van der Waals surface area contributed by atoms with Crippen molar-refractivity contribution in [3.63, 3.8) is 0 Å². The maximum atomic E-state index is 9.77. The Morgan fingerprint density at radius 3 is 2.62 bits per heavy atom. The molecule has 0 aliphatic heterocycles. The number of fused-ring (bicyclic) bond motifs is 1. The molecule has 1 atom stereocenters. The fourth-order valence-electron chi connectivity index (χ4n) is 0.998. The highest BCUT2D eigenvalue weighted by Crippen LogP contribution is 2.64. The van der Waals surface area contributed by atoms with Gasteiger partial charge in [0, 0.05) is 5.92 Å². The summed E-state index contributed by atoms with van der Waals surface area (Å²) < 4.78 is 0. The average molecular weight is 107 g/mol. The van der Waals surface area contributed by atoms with E-state index < -0.39 is 0 Å². The van der Waals surface area contributed by atoms with Crippen LogP contribution in [0, 0.1) is 10.8 Å². The number of rotatable bonds is 2. The van der Waals surface area contributed by atoms with Crippen molar-refractivity contribution < 1.29 is 0 Å². The zero-order valence-corrected chi connectivity index (χ0v) is 4.35. The molecule has 8 heavy (non-hydrogen) atoms. The van der Waals surface area contributed by atoms with Crippen molar-refractivity contribution in [2.24, 2.45) is 11.1 Å². The van der Waals surface area contributed by atoms with Crippen molar-refractivity contribution >= 4 is 0 Å². The standard InChI is InChI=1S/C6H5NO/c1-3(7-8)6-4-2-5(4)6/h4H,1-2H2/t4-/m0/s1. The lowest BCUT2D eigenvalue weighted by Crippen LogP contribution is -1.74. The van der Waals surface area contributed by atoms with Crippen LogP contribution < -0.4 is 0 Å². The summed E-state index contributed by atoms with van der Waals surface area (Å²) in [6.45, 7) is 3.48. The van der Waals surface area contributed by atoms with E-state index in [1.165, 1.54) is 12.0 Å². The zero-order chi connectivity index (χ0) is 5.72. The Hall–Kier alpha value is -0.920.